The number of rotatable bonds is 3. The molecule has 0 saturated heterocycles. The second-order valence-electron chi connectivity index (χ2n) is 5.61. The Morgan fingerprint density at radius 1 is 1.32 bits per heavy atom. The van der Waals surface area contributed by atoms with E-state index < -0.39 is 5.82 Å². The van der Waals surface area contributed by atoms with Gasteiger partial charge in [0.05, 0.1) is 5.02 Å². The fourth-order valence-corrected chi connectivity index (χ4v) is 3.66. The van der Waals surface area contributed by atoms with Gasteiger partial charge in [0.25, 0.3) is 0 Å². The fraction of sp³-hybridized carbons (Fsp3) is 0.600. The zero-order valence-electron chi connectivity index (χ0n) is 11.3. The average Bonchev–Trinajstić information content (AvgIpc) is 2.34. The Hall–Kier alpha value is -0.310. The number of halogens is 3. The second kappa shape index (κ2) is 6.43. The molecule has 1 aliphatic carbocycles. The summed E-state index contributed by atoms with van der Waals surface area (Å²) in [6.07, 6.45) is 4.87. The van der Waals surface area contributed by atoms with Crippen LogP contribution in [0.25, 0.3) is 0 Å². The molecular weight excluding hydrogens is 284 g/mol. The maximum Gasteiger partial charge on any atom is 0.142 e. The highest BCUT2D eigenvalue weighted by Crippen LogP contribution is 2.33. The van der Waals surface area contributed by atoms with Crippen molar-refractivity contribution in [2.45, 2.75) is 51.6 Å². The molecular formula is C15H20Cl2FN. The Morgan fingerprint density at radius 2 is 2.05 bits per heavy atom. The van der Waals surface area contributed by atoms with E-state index in [1.165, 1.54) is 25.3 Å². The summed E-state index contributed by atoms with van der Waals surface area (Å²) in [5.74, 6) is 0.337. The van der Waals surface area contributed by atoms with E-state index in [1.54, 1.807) is 6.07 Å². The summed E-state index contributed by atoms with van der Waals surface area (Å²) in [5.41, 5.74) is 0.668. The van der Waals surface area contributed by atoms with Crippen LogP contribution >= 0.6 is 23.2 Å². The summed E-state index contributed by atoms with van der Waals surface area (Å²) in [6, 6.07) is 3.31. The highest BCUT2D eigenvalue weighted by molar-refractivity contribution is 6.36. The topological polar surface area (TPSA) is 12.0 Å². The van der Waals surface area contributed by atoms with Crippen molar-refractivity contribution in [3.63, 3.8) is 0 Å². The van der Waals surface area contributed by atoms with Gasteiger partial charge < -0.3 is 5.32 Å². The van der Waals surface area contributed by atoms with Gasteiger partial charge in [-0.1, -0.05) is 43.0 Å². The smallest absolute Gasteiger partial charge is 0.142 e. The molecule has 1 aromatic rings. The van der Waals surface area contributed by atoms with E-state index in [2.05, 4.69) is 12.2 Å². The Kier molecular flexibility index (Phi) is 5.10. The molecule has 0 amide bonds. The molecule has 3 atom stereocenters. The minimum Gasteiger partial charge on any atom is -0.307 e. The molecule has 4 heteroatoms. The first-order chi connectivity index (χ1) is 8.99. The molecule has 0 bridgehead atoms. The highest BCUT2D eigenvalue weighted by Gasteiger charge is 2.23. The van der Waals surface area contributed by atoms with E-state index in [0.29, 0.717) is 16.6 Å². The minimum atomic E-state index is -0.410. The number of hydrogen-bond donors (Lipinski definition) is 1. The molecule has 106 valence electrons. The van der Waals surface area contributed by atoms with Crippen LogP contribution in [0.2, 0.25) is 10.0 Å². The lowest BCUT2D eigenvalue weighted by Gasteiger charge is -2.31. The van der Waals surface area contributed by atoms with Crippen molar-refractivity contribution in [3.8, 4) is 0 Å². The van der Waals surface area contributed by atoms with Crippen molar-refractivity contribution in [2.24, 2.45) is 5.92 Å². The van der Waals surface area contributed by atoms with Gasteiger partial charge in [-0.25, -0.2) is 4.39 Å². The Labute approximate surface area is 124 Å². The third-order valence-corrected chi connectivity index (χ3v) is 4.65. The maximum atomic E-state index is 13.5. The van der Waals surface area contributed by atoms with E-state index in [4.69, 9.17) is 23.2 Å². The largest absolute Gasteiger partial charge is 0.307 e. The SMILES string of the molecule is CC1CCCC(NC(C)c2c(Cl)ccc(F)c2Cl)C1. The lowest BCUT2D eigenvalue weighted by atomic mass is 9.86. The zero-order valence-corrected chi connectivity index (χ0v) is 12.9. The van der Waals surface area contributed by atoms with Crippen molar-refractivity contribution >= 4 is 23.2 Å². The molecule has 0 spiro atoms. The van der Waals surface area contributed by atoms with Gasteiger partial charge in [-0.3, -0.25) is 0 Å². The van der Waals surface area contributed by atoms with Crippen molar-refractivity contribution in [1.82, 2.24) is 5.32 Å². The molecule has 0 heterocycles. The quantitative estimate of drug-likeness (QED) is 0.741. The second-order valence-corrected chi connectivity index (χ2v) is 6.40. The monoisotopic (exact) mass is 303 g/mol. The first-order valence-corrected chi connectivity index (χ1v) is 7.64. The molecule has 1 aromatic carbocycles. The average molecular weight is 304 g/mol. The van der Waals surface area contributed by atoms with E-state index in [-0.39, 0.29) is 11.1 Å². The van der Waals surface area contributed by atoms with Crippen molar-refractivity contribution in [3.05, 3.63) is 33.6 Å². The van der Waals surface area contributed by atoms with Crippen LogP contribution in [0.4, 0.5) is 4.39 Å². The summed E-state index contributed by atoms with van der Waals surface area (Å²) in [4.78, 5) is 0. The van der Waals surface area contributed by atoms with Gasteiger partial charge in [-0.15, -0.1) is 0 Å². The predicted octanol–water partition coefficient (Wildman–Crippen LogP) is 5.36. The standard InChI is InChI=1S/C15H20Cl2FN/c1-9-4-3-5-11(8-9)19-10(2)14-12(16)6-7-13(18)15(14)17/h6-7,9-11,19H,3-5,8H2,1-2H3. The number of hydrogen-bond acceptors (Lipinski definition) is 1. The summed E-state index contributed by atoms with van der Waals surface area (Å²) in [7, 11) is 0. The van der Waals surface area contributed by atoms with Crippen LogP contribution in [0.3, 0.4) is 0 Å². The van der Waals surface area contributed by atoms with E-state index >= 15 is 0 Å². The summed E-state index contributed by atoms with van der Waals surface area (Å²) < 4.78 is 13.5. The molecule has 1 nitrogen and oxygen atoms in total. The third-order valence-electron chi connectivity index (χ3n) is 3.93. The summed E-state index contributed by atoms with van der Waals surface area (Å²) >= 11 is 12.2. The van der Waals surface area contributed by atoms with Crippen molar-refractivity contribution in [2.75, 3.05) is 0 Å². The van der Waals surface area contributed by atoms with Gasteiger partial charge >= 0.3 is 0 Å². The summed E-state index contributed by atoms with van der Waals surface area (Å²) in [5, 5.41) is 4.20. The van der Waals surface area contributed by atoms with Crippen LogP contribution in [-0.4, -0.2) is 6.04 Å². The molecule has 0 aliphatic heterocycles. The molecule has 2 rings (SSSR count). The van der Waals surface area contributed by atoms with Crippen LogP contribution < -0.4 is 5.32 Å². The van der Waals surface area contributed by atoms with E-state index in [9.17, 15) is 4.39 Å². The fourth-order valence-electron chi connectivity index (χ4n) is 2.96. The molecule has 19 heavy (non-hydrogen) atoms. The van der Waals surface area contributed by atoms with Gasteiger partial charge in [0.15, 0.2) is 0 Å². The first-order valence-electron chi connectivity index (χ1n) is 6.88. The lowest BCUT2D eigenvalue weighted by molar-refractivity contribution is 0.285. The molecule has 1 N–H and O–H groups in total. The zero-order chi connectivity index (χ0) is 14.0. The van der Waals surface area contributed by atoms with Gasteiger partial charge in [0.1, 0.15) is 5.82 Å². The Bertz CT molecular complexity index is 450. The van der Waals surface area contributed by atoms with Gasteiger partial charge in [0, 0.05) is 22.7 Å². The third kappa shape index (κ3) is 3.62. The van der Waals surface area contributed by atoms with Gasteiger partial charge in [-0.05, 0) is 37.8 Å². The maximum absolute atomic E-state index is 13.5. The Balaban J connectivity index is 2.11. The number of benzene rings is 1. The number of nitrogens with one attached hydrogen (secondary N) is 1. The summed E-state index contributed by atoms with van der Waals surface area (Å²) in [6.45, 7) is 4.27. The van der Waals surface area contributed by atoms with Crippen LogP contribution in [0, 0.1) is 11.7 Å². The van der Waals surface area contributed by atoms with Crippen molar-refractivity contribution in [1.29, 1.82) is 0 Å². The lowest BCUT2D eigenvalue weighted by Crippen LogP contribution is -2.35. The van der Waals surface area contributed by atoms with E-state index in [0.717, 1.165) is 12.3 Å². The van der Waals surface area contributed by atoms with Crippen LogP contribution in [0.5, 0.6) is 0 Å². The van der Waals surface area contributed by atoms with Gasteiger partial charge in [-0.2, -0.15) is 0 Å². The molecule has 0 radical (unpaired) electrons. The predicted molar refractivity (Wildman–Crippen MR) is 79.4 cm³/mol. The molecule has 3 unspecified atom stereocenters. The van der Waals surface area contributed by atoms with Crippen molar-refractivity contribution < 1.29 is 4.39 Å². The highest BCUT2D eigenvalue weighted by atomic mass is 35.5. The molecule has 1 saturated carbocycles. The Morgan fingerprint density at radius 3 is 2.74 bits per heavy atom. The normalized spacial score (nSPS) is 25.3. The molecule has 0 aromatic heterocycles. The van der Waals surface area contributed by atoms with Crippen LogP contribution in [-0.2, 0) is 0 Å². The molecule has 1 aliphatic rings. The molecule has 1 fully saturated rings. The van der Waals surface area contributed by atoms with Crippen LogP contribution in [0.15, 0.2) is 12.1 Å². The minimum absolute atomic E-state index is 0.0361. The van der Waals surface area contributed by atoms with E-state index in [1.807, 2.05) is 6.92 Å². The van der Waals surface area contributed by atoms with Crippen LogP contribution in [0.1, 0.15) is 51.1 Å². The van der Waals surface area contributed by atoms with Gasteiger partial charge in [0.2, 0.25) is 0 Å². The first kappa shape index (κ1) is 15.1.